The van der Waals surface area contributed by atoms with Crippen LogP contribution in [0.1, 0.15) is 23.9 Å². The molecular weight excluding hydrogens is 344 g/mol. The van der Waals surface area contributed by atoms with E-state index in [-0.39, 0.29) is 6.61 Å². The largest absolute Gasteiger partial charge is 0.487 e. The van der Waals surface area contributed by atoms with Gasteiger partial charge in [0.1, 0.15) is 12.4 Å². The molecule has 0 amide bonds. The summed E-state index contributed by atoms with van der Waals surface area (Å²) in [4.78, 5) is 0. The lowest BCUT2D eigenvalue weighted by atomic mass is 10.2. The molecule has 0 unspecified atom stereocenters. The third-order valence-corrected chi connectivity index (χ3v) is 4.21. The van der Waals surface area contributed by atoms with E-state index < -0.39 is 0 Å². The van der Waals surface area contributed by atoms with E-state index in [0.717, 1.165) is 22.3 Å². The quantitative estimate of drug-likeness (QED) is 0.889. The molecule has 0 aliphatic carbocycles. The Morgan fingerprint density at radius 3 is 2.80 bits per heavy atom. The monoisotopic (exact) mass is 358 g/mol. The van der Waals surface area contributed by atoms with Crippen molar-refractivity contribution in [1.29, 1.82) is 0 Å². The molecule has 0 bridgehead atoms. The van der Waals surface area contributed by atoms with Crippen molar-refractivity contribution in [2.75, 3.05) is 0 Å². The van der Waals surface area contributed by atoms with Gasteiger partial charge in [0.2, 0.25) is 0 Å². The average Bonchev–Trinajstić information content (AvgIpc) is 2.72. The number of ether oxygens (including phenoxy) is 1. The number of aromatic nitrogens is 2. The van der Waals surface area contributed by atoms with Crippen molar-refractivity contribution in [2.45, 2.75) is 26.6 Å². The van der Waals surface area contributed by atoms with Crippen molar-refractivity contribution < 1.29 is 9.84 Å². The van der Waals surface area contributed by atoms with Gasteiger partial charge in [-0.3, -0.25) is 4.68 Å². The molecule has 0 aliphatic rings. The van der Waals surface area contributed by atoms with Gasteiger partial charge in [-0.15, -0.1) is 0 Å². The number of aliphatic hydroxyl groups excluding tert-OH is 1. The minimum absolute atomic E-state index is 0.108. The average molecular weight is 360 g/mol. The van der Waals surface area contributed by atoms with E-state index >= 15 is 0 Å². The summed E-state index contributed by atoms with van der Waals surface area (Å²) in [6.45, 7) is 2.32. The van der Waals surface area contributed by atoms with Crippen LogP contribution < -0.4 is 4.74 Å². The fourth-order valence-corrected chi connectivity index (χ4v) is 2.86. The van der Waals surface area contributed by atoms with Gasteiger partial charge in [0, 0.05) is 17.6 Å². The fraction of sp³-hybridized carbons (Fsp3) is 0.357. The van der Waals surface area contributed by atoms with E-state index in [1.807, 2.05) is 7.05 Å². The Bertz CT molecular complexity index is 613. The third kappa shape index (κ3) is 3.16. The number of aryl methyl sites for hydroxylation is 2. The highest BCUT2D eigenvalue weighted by atomic mass is 79.9. The van der Waals surface area contributed by atoms with Gasteiger partial charge in [-0.1, -0.05) is 18.5 Å². The first-order chi connectivity index (χ1) is 9.56. The molecule has 1 aromatic carbocycles. The Balaban J connectivity index is 2.19. The van der Waals surface area contributed by atoms with E-state index in [1.54, 1.807) is 22.9 Å². The molecule has 4 nitrogen and oxygen atoms in total. The summed E-state index contributed by atoms with van der Waals surface area (Å²) in [7, 11) is 1.89. The standard InChI is InChI=1S/C14H16BrClN2O2/c1-3-11-14(15)12(18(2)17-11)8-20-13-5-4-10(16)6-9(13)7-19/h4-6,19H,3,7-8H2,1-2H3. The van der Waals surface area contributed by atoms with Gasteiger partial charge in [0.25, 0.3) is 0 Å². The Morgan fingerprint density at radius 2 is 2.20 bits per heavy atom. The summed E-state index contributed by atoms with van der Waals surface area (Å²) in [6.07, 6.45) is 0.858. The SMILES string of the molecule is CCc1nn(C)c(COc2ccc(Cl)cc2CO)c1Br. The van der Waals surface area contributed by atoms with Gasteiger partial charge >= 0.3 is 0 Å². The number of hydrogen-bond acceptors (Lipinski definition) is 3. The number of rotatable bonds is 5. The third-order valence-electron chi connectivity index (χ3n) is 3.06. The Hall–Kier alpha value is -1.04. The zero-order valence-electron chi connectivity index (χ0n) is 11.4. The van der Waals surface area contributed by atoms with Crippen LogP contribution in [0, 0.1) is 0 Å². The molecule has 0 saturated heterocycles. The summed E-state index contributed by atoms with van der Waals surface area (Å²) in [5.74, 6) is 0.628. The highest BCUT2D eigenvalue weighted by Crippen LogP contribution is 2.26. The second-order valence-electron chi connectivity index (χ2n) is 4.38. The molecule has 0 fully saturated rings. The van der Waals surface area contributed by atoms with Crippen LogP contribution in [0.3, 0.4) is 0 Å². The summed E-state index contributed by atoms with van der Waals surface area (Å²) in [6, 6.07) is 5.21. The molecule has 1 heterocycles. The minimum atomic E-state index is -0.108. The van der Waals surface area contributed by atoms with Gasteiger partial charge in [-0.05, 0) is 40.5 Å². The number of halogens is 2. The predicted molar refractivity (Wildman–Crippen MR) is 82.0 cm³/mol. The maximum atomic E-state index is 9.33. The van der Waals surface area contributed by atoms with Crippen molar-refractivity contribution in [3.8, 4) is 5.75 Å². The second-order valence-corrected chi connectivity index (χ2v) is 5.61. The van der Waals surface area contributed by atoms with Crippen LogP contribution in [0.25, 0.3) is 0 Å². The van der Waals surface area contributed by atoms with Crippen molar-refractivity contribution >= 4 is 27.5 Å². The van der Waals surface area contributed by atoms with Gasteiger partial charge in [-0.25, -0.2) is 0 Å². The molecule has 0 saturated carbocycles. The van der Waals surface area contributed by atoms with Gasteiger partial charge in [0.05, 0.1) is 22.5 Å². The Kier molecular flexibility index (Phi) is 5.07. The summed E-state index contributed by atoms with van der Waals surface area (Å²) < 4.78 is 8.56. The Morgan fingerprint density at radius 1 is 1.45 bits per heavy atom. The first kappa shape index (κ1) is 15.4. The molecule has 1 aromatic heterocycles. The van der Waals surface area contributed by atoms with Crippen molar-refractivity contribution in [3.05, 3.63) is 44.6 Å². The number of benzene rings is 1. The van der Waals surface area contributed by atoms with E-state index in [4.69, 9.17) is 16.3 Å². The van der Waals surface area contributed by atoms with Crippen molar-refractivity contribution in [1.82, 2.24) is 9.78 Å². The molecule has 108 valence electrons. The lowest BCUT2D eigenvalue weighted by Crippen LogP contribution is -2.05. The van der Waals surface area contributed by atoms with Crippen molar-refractivity contribution in [2.24, 2.45) is 7.05 Å². The topological polar surface area (TPSA) is 47.3 Å². The molecule has 2 aromatic rings. The molecular formula is C14H16BrClN2O2. The van der Waals surface area contributed by atoms with E-state index in [9.17, 15) is 5.11 Å². The van der Waals surface area contributed by atoms with Crippen molar-refractivity contribution in [3.63, 3.8) is 0 Å². The first-order valence-corrected chi connectivity index (χ1v) is 7.46. The van der Waals surface area contributed by atoms with Crippen LogP contribution in [0.15, 0.2) is 22.7 Å². The molecule has 1 N–H and O–H groups in total. The van der Waals surface area contributed by atoms with Crippen LogP contribution in [0.2, 0.25) is 5.02 Å². The first-order valence-electron chi connectivity index (χ1n) is 6.29. The number of nitrogens with zero attached hydrogens (tertiary/aromatic N) is 2. The normalized spacial score (nSPS) is 10.8. The number of hydrogen-bond donors (Lipinski definition) is 1. The highest BCUT2D eigenvalue weighted by Gasteiger charge is 2.13. The zero-order chi connectivity index (χ0) is 14.7. The van der Waals surface area contributed by atoms with Crippen LogP contribution in [-0.4, -0.2) is 14.9 Å². The van der Waals surface area contributed by atoms with E-state index in [0.29, 0.717) is 22.9 Å². The maximum Gasteiger partial charge on any atom is 0.131 e. The van der Waals surface area contributed by atoms with Gasteiger partial charge in [0.15, 0.2) is 0 Å². The molecule has 0 aliphatic heterocycles. The number of aliphatic hydroxyl groups is 1. The smallest absolute Gasteiger partial charge is 0.131 e. The summed E-state index contributed by atoms with van der Waals surface area (Å²) in [5, 5.41) is 14.3. The molecule has 0 spiro atoms. The summed E-state index contributed by atoms with van der Waals surface area (Å²) >= 11 is 9.45. The van der Waals surface area contributed by atoms with Gasteiger partial charge in [-0.2, -0.15) is 5.10 Å². The molecule has 2 rings (SSSR count). The Labute approximate surface area is 131 Å². The molecule has 20 heavy (non-hydrogen) atoms. The lowest BCUT2D eigenvalue weighted by Gasteiger charge is -2.11. The predicted octanol–water partition coefficient (Wildman–Crippen LogP) is 3.47. The molecule has 0 atom stereocenters. The maximum absolute atomic E-state index is 9.33. The van der Waals surface area contributed by atoms with Gasteiger partial charge < -0.3 is 9.84 Å². The van der Waals surface area contributed by atoms with Crippen LogP contribution in [0.4, 0.5) is 0 Å². The molecule has 6 heteroatoms. The summed E-state index contributed by atoms with van der Waals surface area (Å²) in [5.41, 5.74) is 2.64. The highest BCUT2D eigenvalue weighted by molar-refractivity contribution is 9.10. The lowest BCUT2D eigenvalue weighted by molar-refractivity contribution is 0.255. The van der Waals surface area contributed by atoms with Crippen LogP contribution in [0.5, 0.6) is 5.75 Å². The van der Waals surface area contributed by atoms with E-state index in [2.05, 4.69) is 28.0 Å². The second kappa shape index (κ2) is 6.61. The minimum Gasteiger partial charge on any atom is -0.487 e. The van der Waals surface area contributed by atoms with E-state index in [1.165, 1.54) is 0 Å². The van der Waals surface area contributed by atoms with Crippen LogP contribution in [-0.2, 0) is 26.7 Å². The van der Waals surface area contributed by atoms with Crippen LogP contribution >= 0.6 is 27.5 Å². The fourth-order valence-electron chi connectivity index (χ4n) is 1.94. The molecule has 0 radical (unpaired) electrons. The zero-order valence-corrected chi connectivity index (χ0v) is 13.7.